The second-order valence-corrected chi connectivity index (χ2v) is 5.23. The molecule has 1 aromatic rings. The molecular formula is C7H8N2O2S2. The van der Waals surface area contributed by atoms with Crippen LogP contribution in [0.25, 0.3) is 0 Å². The third-order valence-corrected chi connectivity index (χ3v) is 2.89. The van der Waals surface area contributed by atoms with E-state index in [2.05, 4.69) is 4.72 Å². The summed E-state index contributed by atoms with van der Waals surface area (Å²) >= 11 is 1.35. The zero-order chi connectivity index (χ0) is 9.90. The molecule has 0 spiro atoms. The van der Waals surface area contributed by atoms with Crippen molar-refractivity contribution >= 4 is 21.4 Å². The lowest BCUT2D eigenvalue weighted by Gasteiger charge is -2.06. The number of thiophene rings is 1. The molecule has 70 valence electrons. The highest BCUT2D eigenvalue weighted by Gasteiger charge is 2.15. The lowest BCUT2D eigenvalue weighted by atomic mass is 10.3. The molecule has 6 heteroatoms. The quantitative estimate of drug-likeness (QED) is 0.814. The molecular weight excluding hydrogens is 208 g/mol. The van der Waals surface area contributed by atoms with E-state index in [0.29, 0.717) is 4.88 Å². The molecule has 0 amide bonds. The predicted octanol–water partition coefficient (Wildman–Crippen LogP) is 0.862. The molecule has 13 heavy (non-hydrogen) atoms. The van der Waals surface area contributed by atoms with Crippen LogP contribution in [0, 0.1) is 11.3 Å². The monoisotopic (exact) mass is 216 g/mol. The standard InChI is InChI=1S/C7H8N2O2S2/c1-13(10,11)9-6(5-8)7-3-2-4-12-7/h2-4,6,9H,1H3. The first-order chi connectivity index (χ1) is 6.03. The third-order valence-electron chi connectivity index (χ3n) is 1.29. The molecule has 0 radical (unpaired) electrons. The van der Waals surface area contributed by atoms with E-state index in [4.69, 9.17) is 5.26 Å². The molecule has 0 fully saturated rings. The number of nitrogens with zero attached hydrogens (tertiary/aromatic N) is 1. The van der Waals surface area contributed by atoms with Crippen LogP contribution >= 0.6 is 11.3 Å². The molecule has 4 nitrogen and oxygen atoms in total. The minimum absolute atomic E-state index is 0.702. The number of hydrogen-bond donors (Lipinski definition) is 1. The number of nitriles is 1. The minimum atomic E-state index is -3.33. The van der Waals surface area contributed by atoms with Crippen molar-refractivity contribution in [2.24, 2.45) is 0 Å². The summed E-state index contributed by atoms with van der Waals surface area (Å²) in [6, 6.07) is 4.60. The van der Waals surface area contributed by atoms with Gasteiger partial charge in [-0.2, -0.15) is 9.98 Å². The highest BCUT2D eigenvalue weighted by Crippen LogP contribution is 2.18. The summed E-state index contributed by atoms with van der Waals surface area (Å²) in [4.78, 5) is 0.702. The van der Waals surface area contributed by atoms with Crippen LogP contribution in [0.3, 0.4) is 0 Å². The second kappa shape index (κ2) is 3.87. The van der Waals surface area contributed by atoms with Crippen molar-refractivity contribution in [3.05, 3.63) is 22.4 Å². The Morgan fingerprint density at radius 2 is 2.38 bits per heavy atom. The van der Waals surface area contributed by atoms with Crippen molar-refractivity contribution in [2.45, 2.75) is 6.04 Å². The molecule has 0 bridgehead atoms. The number of sulfonamides is 1. The van der Waals surface area contributed by atoms with E-state index in [-0.39, 0.29) is 0 Å². The molecule has 0 saturated carbocycles. The fourth-order valence-electron chi connectivity index (χ4n) is 0.818. The zero-order valence-electron chi connectivity index (χ0n) is 6.89. The Hall–Kier alpha value is -0.900. The zero-order valence-corrected chi connectivity index (χ0v) is 8.52. The average molecular weight is 216 g/mol. The highest BCUT2D eigenvalue weighted by molar-refractivity contribution is 7.88. The number of hydrogen-bond acceptors (Lipinski definition) is 4. The van der Waals surface area contributed by atoms with Gasteiger partial charge in [0.25, 0.3) is 0 Å². The summed E-state index contributed by atoms with van der Waals surface area (Å²) in [6.45, 7) is 0. The maximum absolute atomic E-state index is 10.8. The van der Waals surface area contributed by atoms with Gasteiger partial charge in [-0.1, -0.05) is 6.07 Å². The van der Waals surface area contributed by atoms with Crippen LogP contribution in [-0.4, -0.2) is 14.7 Å². The van der Waals surface area contributed by atoms with E-state index in [0.717, 1.165) is 6.26 Å². The normalized spacial score (nSPS) is 13.5. The SMILES string of the molecule is CS(=O)(=O)NC(C#N)c1cccs1. The van der Waals surface area contributed by atoms with Crippen LogP contribution in [0.5, 0.6) is 0 Å². The molecule has 0 aliphatic heterocycles. The maximum atomic E-state index is 10.8. The lowest BCUT2D eigenvalue weighted by Crippen LogP contribution is -2.25. The first-order valence-corrected chi connectivity index (χ1v) is 6.20. The van der Waals surface area contributed by atoms with Gasteiger partial charge in [-0.25, -0.2) is 8.42 Å². The molecule has 0 aromatic carbocycles. The molecule has 1 heterocycles. The molecule has 0 aliphatic rings. The Kier molecular flexibility index (Phi) is 3.03. The first kappa shape index (κ1) is 10.2. The van der Waals surface area contributed by atoms with Crippen molar-refractivity contribution in [2.75, 3.05) is 6.26 Å². The summed E-state index contributed by atoms with van der Waals surface area (Å²) in [5.74, 6) is 0. The third kappa shape index (κ3) is 3.14. The fourth-order valence-corrected chi connectivity index (χ4v) is 2.22. The van der Waals surface area contributed by atoms with Gasteiger partial charge in [0.05, 0.1) is 12.3 Å². The van der Waals surface area contributed by atoms with Gasteiger partial charge in [0.15, 0.2) is 0 Å². The average Bonchev–Trinajstić information content (AvgIpc) is 2.50. The summed E-state index contributed by atoms with van der Waals surface area (Å²) in [5, 5.41) is 10.5. The molecule has 1 unspecified atom stereocenters. The van der Waals surface area contributed by atoms with Gasteiger partial charge in [-0.05, 0) is 11.4 Å². The molecule has 0 saturated heterocycles. The highest BCUT2D eigenvalue weighted by atomic mass is 32.2. The largest absolute Gasteiger partial charge is 0.213 e. The van der Waals surface area contributed by atoms with Crippen molar-refractivity contribution < 1.29 is 8.42 Å². The van der Waals surface area contributed by atoms with Crippen molar-refractivity contribution in [1.29, 1.82) is 5.26 Å². The van der Waals surface area contributed by atoms with Crippen molar-refractivity contribution in [3.8, 4) is 6.07 Å². The van der Waals surface area contributed by atoms with Crippen LogP contribution < -0.4 is 4.72 Å². The summed E-state index contributed by atoms with van der Waals surface area (Å²) < 4.78 is 23.9. The van der Waals surface area contributed by atoms with E-state index in [1.165, 1.54) is 11.3 Å². The van der Waals surface area contributed by atoms with Crippen LogP contribution in [-0.2, 0) is 10.0 Å². The van der Waals surface area contributed by atoms with Crippen LogP contribution in [0.1, 0.15) is 10.9 Å². The topological polar surface area (TPSA) is 70.0 Å². The van der Waals surface area contributed by atoms with E-state index in [9.17, 15) is 8.42 Å². The first-order valence-electron chi connectivity index (χ1n) is 3.43. The van der Waals surface area contributed by atoms with Crippen molar-refractivity contribution in [1.82, 2.24) is 4.72 Å². The summed E-state index contributed by atoms with van der Waals surface area (Å²) in [6.07, 6.45) is 1.03. The van der Waals surface area contributed by atoms with E-state index < -0.39 is 16.1 Å². The van der Waals surface area contributed by atoms with Gasteiger partial charge in [0.2, 0.25) is 10.0 Å². The van der Waals surface area contributed by atoms with E-state index >= 15 is 0 Å². The van der Waals surface area contributed by atoms with Gasteiger partial charge in [-0.3, -0.25) is 0 Å². The molecule has 1 N–H and O–H groups in total. The van der Waals surface area contributed by atoms with Gasteiger partial charge < -0.3 is 0 Å². The predicted molar refractivity (Wildman–Crippen MR) is 50.7 cm³/mol. The Morgan fingerprint density at radius 1 is 1.69 bits per heavy atom. The van der Waals surface area contributed by atoms with Gasteiger partial charge >= 0.3 is 0 Å². The Labute approximate surface area is 80.9 Å². The Bertz CT molecular complexity index is 402. The number of nitrogens with one attached hydrogen (secondary N) is 1. The molecule has 0 aliphatic carbocycles. The Morgan fingerprint density at radius 3 is 2.77 bits per heavy atom. The smallest absolute Gasteiger partial charge is 0.210 e. The van der Waals surface area contributed by atoms with Crippen LogP contribution in [0.4, 0.5) is 0 Å². The van der Waals surface area contributed by atoms with Crippen LogP contribution in [0.15, 0.2) is 17.5 Å². The maximum Gasteiger partial charge on any atom is 0.210 e. The van der Waals surface area contributed by atoms with Gasteiger partial charge in [-0.15, -0.1) is 11.3 Å². The van der Waals surface area contributed by atoms with E-state index in [1.807, 2.05) is 6.07 Å². The summed E-state index contributed by atoms with van der Waals surface area (Å²) in [7, 11) is -3.33. The minimum Gasteiger partial charge on any atom is -0.213 e. The lowest BCUT2D eigenvalue weighted by molar-refractivity contribution is 0.582. The van der Waals surface area contributed by atoms with Crippen molar-refractivity contribution in [3.63, 3.8) is 0 Å². The molecule has 1 rings (SSSR count). The number of rotatable bonds is 3. The second-order valence-electron chi connectivity index (χ2n) is 2.47. The fraction of sp³-hybridized carbons (Fsp3) is 0.286. The van der Waals surface area contributed by atoms with Gasteiger partial charge in [0.1, 0.15) is 6.04 Å². The molecule has 1 aromatic heterocycles. The van der Waals surface area contributed by atoms with E-state index in [1.54, 1.807) is 17.5 Å². The van der Waals surface area contributed by atoms with Crippen LogP contribution in [0.2, 0.25) is 0 Å². The molecule has 1 atom stereocenters. The Balaban J connectivity index is 2.84. The van der Waals surface area contributed by atoms with Gasteiger partial charge in [0, 0.05) is 4.88 Å². The summed E-state index contributed by atoms with van der Waals surface area (Å²) in [5.41, 5.74) is 0.